The van der Waals surface area contributed by atoms with Crippen molar-refractivity contribution in [3.63, 3.8) is 0 Å². The van der Waals surface area contributed by atoms with E-state index < -0.39 is 5.91 Å². The van der Waals surface area contributed by atoms with Gasteiger partial charge in [0, 0.05) is 16.6 Å². The number of benzene rings is 1. The van der Waals surface area contributed by atoms with Crippen molar-refractivity contribution in [1.82, 2.24) is 5.32 Å². The molecule has 0 fully saturated rings. The van der Waals surface area contributed by atoms with Crippen molar-refractivity contribution in [1.29, 1.82) is 0 Å². The Labute approximate surface area is 91.0 Å². The summed E-state index contributed by atoms with van der Waals surface area (Å²) in [5.41, 5.74) is 0.714. The highest BCUT2D eigenvalue weighted by atomic mass is 35.5. The largest absolute Gasteiger partial charge is 0.346 e. The molecule has 0 unspecified atom stereocenters. The Bertz CT molecular complexity index is 366. The molecule has 0 saturated carbocycles. The maximum absolute atomic E-state index is 10.6. The molecule has 0 aliphatic heterocycles. The predicted molar refractivity (Wildman–Crippen MR) is 54.4 cm³/mol. The molecule has 14 heavy (non-hydrogen) atoms. The van der Waals surface area contributed by atoms with Crippen LogP contribution in [0.25, 0.3) is 0 Å². The summed E-state index contributed by atoms with van der Waals surface area (Å²) in [4.78, 5) is 20.6. The second-order valence-corrected chi connectivity index (χ2v) is 3.42. The summed E-state index contributed by atoms with van der Waals surface area (Å²) in [7, 11) is 0. The van der Waals surface area contributed by atoms with Gasteiger partial charge in [0.15, 0.2) is 0 Å². The van der Waals surface area contributed by atoms with Crippen LogP contribution in [-0.4, -0.2) is 12.2 Å². The number of aldehydes is 1. The van der Waals surface area contributed by atoms with Crippen molar-refractivity contribution in [2.24, 2.45) is 0 Å². The number of hydrogen-bond acceptors (Lipinski definition) is 2. The maximum atomic E-state index is 10.6. The van der Waals surface area contributed by atoms with Gasteiger partial charge in [0.1, 0.15) is 0 Å². The lowest BCUT2D eigenvalue weighted by atomic mass is 10.2. The Morgan fingerprint density at radius 2 is 2.14 bits per heavy atom. The molecular weight excluding hydrogens is 225 g/mol. The summed E-state index contributed by atoms with van der Waals surface area (Å²) < 4.78 is 0. The molecule has 5 heteroatoms. The SMILES string of the molecule is O=CC(=O)NCc1ccc(Cl)cc1Cl. The van der Waals surface area contributed by atoms with Crippen LogP contribution in [0.15, 0.2) is 18.2 Å². The van der Waals surface area contributed by atoms with E-state index in [1.54, 1.807) is 18.2 Å². The lowest BCUT2D eigenvalue weighted by molar-refractivity contribution is -0.131. The Kier molecular flexibility index (Phi) is 3.92. The number of halogens is 2. The first kappa shape index (κ1) is 11.0. The number of carbonyl (C=O) groups excluding carboxylic acids is 2. The summed E-state index contributed by atoms with van der Waals surface area (Å²) in [6.45, 7) is 0.216. The van der Waals surface area contributed by atoms with E-state index in [9.17, 15) is 9.59 Å². The highest BCUT2D eigenvalue weighted by molar-refractivity contribution is 6.35. The summed E-state index contributed by atoms with van der Waals surface area (Å²) >= 11 is 11.5. The molecule has 0 radical (unpaired) electrons. The molecule has 1 aromatic carbocycles. The van der Waals surface area contributed by atoms with Crippen LogP contribution in [0.5, 0.6) is 0 Å². The van der Waals surface area contributed by atoms with Gasteiger partial charge in [0.2, 0.25) is 6.29 Å². The molecule has 74 valence electrons. The first-order valence-corrected chi connectivity index (χ1v) is 4.56. The fourth-order valence-electron chi connectivity index (χ4n) is 0.889. The van der Waals surface area contributed by atoms with E-state index >= 15 is 0 Å². The minimum absolute atomic E-state index is 0.212. The van der Waals surface area contributed by atoms with Crippen LogP contribution in [0.3, 0.4) is 0 Å². The van der Waals surface area contributed by atoms with Gasteiger partial charge in [-0.3, -0.25) is 9.59 Å². The molecule has 0 aliphatic rings. The summed E-state index contributed by atoms with van der Waals surface area (Å²) in [6, 6.07) is 4.93. The number of rotatable bonds is 3. The highest BCUT2D eigenvalue weighted by Gasteiger charge is 2.02. The van der Waals surface area contributed by atoms with Gasteiger partial charge < -0.3 is 5.32 Å². The standard InChI is InChI=1S/C9H7Cl2NO2/c10-7-2-1-6(8(11)3-7)4-12-9(14)5-13/h1-3,5H,4H2,(H,12,14). The third kappa shape index (κ3) is 3.01. The van der Waals surface area contributed by atoms with Crippen LogP contribution in [0.2, 0.25) is 10.0 Å². The van der Waals surface area contributed by atoms with Gasteiger partial charge in [-0.25, -0.2) is 0 Å². The predicted octanol–water partition coefficient (Wildman–Crippen LogP) is 1.81. The van der Waals surface area contributed by atoms with Gasteiger partial charge in [-0.15, -0.1) is 0 Å². The van der Waals surface area contributed by atoms with Gasteiger partial charge in [-0.05, 0) is 17.7 Å². The first-order chi connectivity index (χ1) is 6.63. The van der Waals surface area contributed by atoms with Gasteiger partial charge in [0.05, 0.1) is 0 Å². The van der Waals surface area contributed by atoms with E-state index in [-0.39, 0.29) is 12.8 Å². The molecule has 1 N–H and O–H groups in total. The normalized spacial score (nSPS) is 9.57. The van der Waals surface area contributed by atoms with Crippen molar-refractivity contribution in [3.8, 4) is 0 Å². The zero-order valence-corrected chi connectivity index (χ0v) is 8.60. The van der Waals surface area contributed by atoms with Crippen molar-refractivity contribution >= 4 is 35.4 Å². The Morgan fingerprint density at radius 1 is 1.43 bits per heavy atom. The van der Waals surface area contributed by atoms with E-state index in [0.29, 0.717) is 15.6 Å². The minimum Gasteiger partial charge on any atom is -0.346 e. The average molecular weight is 232 g/mol. The van der Waals surface area contributed by atoms with Crippen LogP contribution >= 0.6 is 23.2 Å². The fourth-order valence-corrected chi connectivity index (χ4v) is 1.36. The Balaban J connectivity index is 2.68. The second-order valence-electron chi connectivity index (χ2n) is 2.57. The summed E-state index contributed by atoms with van der Waals surface area (Å²) in [5.74, 6) is -0.670. The monoisotopic (exact) mass is 231 g/mol. The number of hydrogen-bond donors (Lipinski definition) is 1. The number of carbonyl (C=O) groups is 2. The van der Waals surface area contributed by atoms with Crippen LogP contribution in [0.1, 0.15) is 5.56 Å². The topological polar surface area (TPSA) is 46.2 Å². The third-order valence-corrected chi connectivity index (χ3v) is 2.16. The molecule has 3 nitrogen and oxygen atoms in total. The van der Waals surface area contributed by atoms with Crippen molar-refractivity contribution in [3.05, 3.63) is 33.8 Å². The van der Waals surface area contributed by atoms with Gasteiger partial charge in [-0.1, -0.05) is 29.3 Å². The Hall–Kier alpha value is -1.06. The molecule has 1 aromatic rings. The molecule has 0 aromatic heterocycles. The van der Waals surface area contributed by atoms with E-state index in [1.807, 2.05) is 0 Å². The molecule has 0 atom stereocenters. The molecule has 1 amide bonds. The molecule has 0 saturated heterocycles. The van der Waals surface area contributed by atoms with Gasteiger partial charge in [-0.2, -0.15) is 0 Å². The Morgan fingerprint density at radius 3 is 2.71 bits per heavy atom. The van der Waals surface area contributed by atoms with Crippen LogP contribution < -0.4 is 5.32 Å². The van der Waals surface area contributed by atoms with E-state index in [1.165, 1.54) is 0 Å². The molecule has 0 aliphatic carbocycles. The average Bonchev–Trinajstić information content (AvgIpc) is 2.16. The van der Waals surface area contributed by atoms with E-state index in [2.05, 4.69) is 5.32 Å². The third-order valence-electron chi connectivity index (χ3n) is 1.58. The van der Waals surface area contributed by atoms with Gasteiger partial charge >= 0.3 is 0 Å². The summed E-state index contributed by atoms with van der Waals surface area (Å²) in [5, 5.41) is 3.36. The quantitative estimate of drug-likeness (QED) is 0.638. The maximum Gasteiger partial charge on any atom is 0.284 e. The minimum atomic E-state index is -0.670. The van der Waals surface area contributed by atoms with E-state index in [0.717, 1.165) is 0 Å². The van der Waals surface area contributed by atoms with E-state index in [4.69, 9.17) is 23.2 Å². The highest BCUT2D eigenvalue weighted by Crippen LogP contribution is 2.20. The number of amides is 1. The fraction of sp³-hybridized carbons (Fsp3) is 0.111. The summed E-state index contributed by atoms with van der Waals surface area (Å²) in [6.07, 6.45) is 0.212. The van der Waals surface area contributed by atoms with Gasteiger partial charge in [0.25, 0.3) is 5.91 Å². The van der Waals surface area contributed by atoms with Crippen LogP contribution in [0.4, 0.5) is 0 Å². The molecule has 0 bridgehead atoms. The van der Waals surface area contributed by atoms with Crippen molar-refractivity contribution in [2.75, 3.05) is 0 Å². The van der Waals surface area contributed by atoms with Crippen molar-refractivity contribution in [2.45, 2.75) is 6.54 Å². The number of nitrogens with one attached hydrogen (secondary N) is 1. The van der Waals surface area contributed by atoms with Crippen molar-refractivity contribution < 1.29 is 9.59 Å². The molecular formula is C9H7Cl2NO2. The zero-order valence-electron chi connectivity index (χ0n) is 7.09. The zero-order chi connectivity index (χ0) is 10.6. The molecule has 0 spiro atoms. The lowest BCUT2D eigenvalue weighted by Gasteiger charge is -2.04. The van der Waals surface area contributed by atoms with Crippen LogP contribution in [0, 0.1) is 0 Å². The smallest absolute Gasteiger partial charge is 0.284 e. The first-order valence-electron chi connectivity index (χ1n) is 3.80. The van der Waals surface area contributed by atoms with Crippen LogP contribution in [-0.2, 0) is 16.1 Å². The molecule has 1 rings (SSSR count). The lowest BCUT2D eigenvalue weighted by Crippen LogP contribution is -2.23. The molecule has 0 heterocycles. The second kappa shape index (κ2) is 4.98.